The van der Waals surface area contributed by atoms with Crippen LogP contribution in [0.5, 0.6) is 0 Å². The highest BCUT2D eigenvalue weighted by Gasteiger charge is 2.19. The first-order chi connectivity index (χ1) is 12.2. The lowest BCUT2D eigenvalue weighted by Gasteiger charge is -2.21. The van der Waals surface area contributed by atoms with Gasteiger partial charge in [0.05, 0.1) is 23.7 Å². The normalized spacial score (nSPS) is 13.4. The summed E-state index contributed by atoms with van der Waals surface area (Å²) in [6.45, 7) is 0. The summed E-state index contributed by atoms with van der Waals surface area (Å²) in [4.78, 5) is 10.2. The monoisotopic (exact) mass is 333 g/mol. The van der Waals surface area contributed by atoms with Gasteiger partial charge in [-0.15, -0.1) is 0 Å². The summed E-state index contributed by atoms with van der Waals surface area (Å²) in [6.07, 6.45) is 3.38. The van der Waals surface area contributed by atoms with Crippen molar-refractivity contribution < 1.29 is 9.34 Å². The minimum Gasteiger partial charge on any atom is -0.400 e. The average Bonchev–Trinajstić information content (AvgIpc) is 3.05. The Kier molecular flexibility index (Phi) is 3.78. The van der Waals surface area contributed by atoms with Gasteiger partial charge in [-0.2, -0.15) is 5.10 Å². The molecule has 0 saturated carbocycles. The fourth-order valence-electron chi connectivity index (χ4n) is 3.01. The van der Waals surface area contributed by atoms with Crippen molar-refractivity contribution in [3.63, 3.8) is 0 Å². The fourth-order valence-corrected chi connectivity index (χ4v) is 3.01. The van der Waals surface area contributed by atoms with E-state index in [-0.39, 0.29) is 5.88 Å². The second-order valence-electron chi connectivity index (χ2n) is 5.75. The van der Waals surface area contributed by atoms with Gasteiger partial charge >= 0.3 is 5.88 Å². The van der Waals surface area contributed by atoms with Crippen molar-refractivity contribution in [2.45, 2.75) is 12.8 Å². The van der Waals surface area contributed by atoms with Gasteiger partial charge in [-0.3, -0.25) is 10.1 Å². The molecule has 0 spiro atoms. The number of rotatable bonds is 3. The van der Waals surface area contributed by atoms with Gasteiger partial charge in [0.25, 0.3) is 0 Å². The van der Waals surface area contributed by atoms with Crippen LogP contribution < -0.4 is 5.01 Å². The third-order valence-electron chi connectivity index (χ3n) is 4.20. The van der Waals surface area contributed by atoms with Crippen LogP contribution in [0.4, 0.5) is 17.3 Å². The zero-order chi connectivity index (χ0) is 17.2. The van der Waals surface area contributed by atoms with Crippen LogP contribution in [0.15, 0.2) is 70.2 Å². The van der Waals surface area contributed by atoms with E-state index in [2.05, 4.69) is 17.2 Å². The zero-order valence-electron chi connectivity index (χ0n) is 13.3. The van der Waals surface area contributed by atoms with E-state index >= 15 is 0 Å². The molecule has 1 aliphatic heterocycles. The number of anilines is 2. The Bertz CT molecular complexity index is 914. The molecule has 6 nitrogen and oxygen atoms in total. The number of hydrogen-bond donors (Lipinski definition) is 0. The number of benzene rings is 2. The highest BCUT2D eigenvalue weighted by Crippen LogP contribution is 2.36. The molecule has 6 heteroatoms. The molecule has 0 bridgehead atoms. The number of fused-ring (bicyclic) bond motifs is 2. The van der Waals surface area contributed by atoms with Gasteiger partial charge in [0, 0.05) is 0 Å². The van der Waals surface area contributed by atoms with Gasteiger partial charge in [-0.1, -0.05) is 36.4 Å². The molecule has 0 N–H and O–H groups in total. The van der Waals surface area contributed by atoms with Crippen LogP contribution in [-0.4, -0.2) is 11.1 Å². The molecule has 2 aromatic carbocycles. The Morgan fingerprint density at radius 2 is 1.56 bits per heavy atom. The van der Waals surface area contributed by atoms with Crippen molar-refractivity contribution in [2.75, 3.05) is 5.01 Å². The van der Waals surface area contributed by atoms with Crippen LogP contribution in [0.2, 0.25) is 0 Å². The Morgan fingerprint density at radius 1 is 0.960 bits per heavy atom. The zero-order valence-corrected chi connectivity index (χ0v) is 13.3. The highest BCUT2D eigenvalue weighted by molar-refractivity contribution is 5.80. The average molecular weight is 333 g/mol. The second kappa shape index (κ2) is 6.24. The number of para-hydroxylation sites is 2. The molecule has 4 rings (SSSR count). The summed E-state index contributed by atoms with van der Waals surface area (Å²) < 4.78 is 5.17. The van der Waals surface area contributed by atoms with Crippen molar-refractivity contribution >= 4 is 23.5 Å². The first kappa shape index (κ1) is 15.1. The number of nitrogens with zero attached hydrogens (tertiary/aromatic N) is 3. The van der Waals surface area contributed by atoms with Crippen molar-refractivity contribution in [1.29, 1.82) is 0 Å². The SMILES string of the molecule is O=[N+]([O-])c1ccc(/C=N/N2c3ccccc3CCc3ccccc32)o1. The standard InChI is InChI=1S/C19H15N3O3/c23-22(24)19-12-11-16(25-19)13-20-21-17-7-3-1-5-14(17)9-10-15-6-2-4-8-18(15)21/h1-8,11-13H,9-10H2/b20-13+. The lowest BCUT2D eigenvalue weighted by atomic mass is 10.0. The van der Waals surface area contributed by atoms with E-state index < -0.39 is 4.92 Å². The lowest BCUT2D eigenvalue weighted by molar-refractivity contribution is -0.402. The van der Waals surface area contributed by atoms with Crippen LogP contribution in [0.25, 0.3) is 0 Å². The van der Waals surface area contributed by atoms with Gasteiger partial charge in [0.1, 0.15) is 4.92 Å². The molecule has 25 heavy (non-hydrogen) atoms. The lowest BCUT2D eigenvalue weighted by Crippen LogP contribution is -2.11. The van der Waals surface area contributed by atoms with E-state index in [0.29, 0.717) is 5.76 Å². The Morgan fingerprint density at radius 3 is 2.12 bits per heavy atom. The van der Waals surface area contributed by atoms with Gasteiger partial charge in [0.15, 0.2) is 5.76 Å². The van der Waals surface area contributed by atoms with E-state index in [1.165, 1.54) is 29.5 Å². The molecule has 0 atom stereocenters. The van der Waals surface area contributed by atoms with Crippen molar-refractivity contribution in [1.82, 2.24) is 0 Å². The van der Waals surface area contributed by atoms with E-state index in [0.717, 1.165) is 24.2 Å². The molecule has 3 aromatic rings. The van der Waals surface area contributed by atoms with E-state index in [1.54, 1.807) is 0 Å². The molecule has 1 aromatic heterocycles. The predicted molar refractivity (Wildman–Crippen MR) is 95.4 cm³/mol. The number of aryl methyl sites for hydroxylation is 2. The molecule has 0 fully saturated rings. The minimum atomic E-state index is -0.562. The maximum atomic E-state index is 10.7. The molecule has 1 aliphatic rings. The quantitative estimate of drug-likeness (QED) is 0.403. The first-order valence-corrected chi connectivity index (χ1v) is 7.96. The summed E-state index contributed by atoms with van der Waals surface area (Å²) >= 11 is 0. The minimum absolute atomic E-state index is 0.293. The Labute approximate surface area is 144 Å². The van der Waals surface area contributed by atoms with Crippen molar-refractivity contribution in [2.24, 2.45) is 5.10 Å². The molecule has 124 valence electrons. The largest absolute Gasteiger partial charge is 0.433 e. The second-order valence-corrected chi connectivity index (χ2v) is 5.75. The van der Waals surface area contributed by atoms with Crippen molar-refractivity contribution in [3.8, 4) is 0 Å². The van der Waals surface area contributed by atoms with Crippen LogP contribution in [0, 0.1) is 10.1 Å². The highest BCUT2D eigenvalue weighted by atomic mass is 16.6. The van der Waals surface area contributed by atoms with Gasteiger partial charge < -0.3 is 4.42 Å². The maximum Gasteiger partial charge on any atom is 0.433 e. The third kappa shape index (κ3) is 2.89. The molecule has 0 amide bonds. The molecule has 0 radical (unpaired) electrons. The van der Waals surface area contributed by atoms with Gasteiger partial charge in [0.2, 0.25) is 0 Å². The molecule has 0 aliphatic carbocycles. The topological polar surface area (TPSA) is 71.9 Å². The summed E-state index contributed by atoms with van der Waals surface area (Å²) in [5.41, 5.74) is 4.43. The summed E-state index contributed by atoms with van der Waals surface area (Å²) in [5.74, 6) is 0.0454. The third-order valence-corrected chi connectivity index (χ3v) is 4.20. The number of hydrogen-bond acceptors (Lipinski definition) is 5. The number of furan rings is 1. The molecule has 0 unspecified atom stereocenters. The van der Waals surface area contributed by atoms with Gasteiger partial charge in [-0.05, 0) is 42.2 Å². The van der Waals surface area contributed by atoms with Crippen LogP contribution in [0.1, 0.15) is 16.9 Å². The van der Waals surface area contributed by atoms with Gasteiger partial charge in [-0.25, -0.2) is 5.01 Å². The van der Waals surface area contributed by atoms with E-state index in [1.807, 2.05) is 41.4 Å². The Balaban J connectivity index is 1.76. The summed E-state index contributed by atoms with van der Waals surface area (Å²) in [5, 5.41) is 17.2. The molecular formula is C19H15N3O3. The van der Waals surface area contributed by atoms with Crippen LogP contribution >= 0.6 is 0 Å². The van der Waals surface area contributed by atoms with E-state index in [4.69, 9.17) is 4.42 Å². The summed E-state index contributed by atoms with van der Waals surface area (Å²) in [7, 11) is 0. The molecular weight excluding hydrogens is 318 g/mol. The smallest absolute Gasteiger partial charge is 0.400 e. The Hall–Kier alpha value is -3.41. The van der Waals surface area contributed by atoms with E-state index in [9.17, 15) is 10.1 Å². The molecule has 2 heterocycles. The summed E-state index contributed by atoms with van der Waals surface area (Å²) in [6, 6.07) is 19.1. The maximum absolute atomic E-state index is 10.7. The first-order valence-electron chi connectivity index (χ1n) is 7.96. The van der Waals surface area contributed by atoms with Crippen molar-refractivity contribution in [3.05, 3.63) is 87.7 Å². The van der Waals surface area contributed by atoms with Crippen LogP contribution in [0.3, 0.4) is 0 Å². The predicted octanol–water partition coefficient (Wildman–Crippen LogP) is 4.46. The number of hydrazone groups is 1. The fraction of sp³-hybridized carbons (Fsp3) is 0.105. The van der Waals surface area contributed by atoms with Crippen LogP contribution in [-0.2, 0) is 12.8 Å². The number of nitro groups is 1. The molecule has 0 saturated heterocycles.